The van der Waals surface area contributed by atoms with E-state index in [0.717, 1.165) is 19.6 Å². The van der Waals surface area contributed by atoms with Crippen molar-refractivity contribution in [2.24, 2.45) is 0 Å². The summed E-state index contributed by atoms with van der Waals surface area (Å²) in [7, 11) is 0. The SMILES string of the molecule is CC(NCCC1CCCO1)c1cccs1. The Morgan fingerprint density at radius 2 is 2.60 bits per heavy atom. The Kier molecular flexibility index (Phi) is 4.18. The lowest BCUT2D eigenvalue weighted by atomic mass is 10.2. The van der Waals surface area contributed by atoms with E-state index < -0.39 is 0 Å². The van der Waals surface area contributed by atoms with Gasteiger partial charge in [0.05, 0.1) is 6.10 Å². The zero-order valence-electron chi connectivity index (χ0n) is 9.24. The summed E-state index contributed by atoms with van der Waals surface area (Å²) in [6.45, 7) is 4.25. The van der Waals surface area contributed by atoms with E-state index in [0.29, 0.717) is 12.1 Å². The molecule has 0 saturated carbocycles. The van der Waals surface area contributed by atoms with Gasteiger partial charge >= 0.3 is 0 Å². The minimum atomic E-state index is 0.478. The topological polar surface area (TPSA) is 21.3 Å². The lowest BCUT2D eigenvalue weighted by Gasteiger charge is -2.14. The van der Waals surface area contributed by atoms with Gasteiger partial charge in [-0.25, -0.2) is 0 Å². The van der Waals surface area contributed by atoms with Crippen LogP contribution < -0.4 is 5.32 Å². The average molecular weight is 225 g/mol. The highest BCUT2D eigenvalue weighted by atomic mass is 32.1. The summed E-state index contributed by atoms with van der Waals surface area (Å²) in [6.07, 6.45) is 4.14. The fourth-order valence-corrected chi connectivity index (χ4v) is 2.73. The van der Waals surface area contributed by atoms with Gasteiger partial charge < -0.3 is 10.1 Å². The third-order valence-corrected chi connectivity index (χ3v) is 3.97. The van der Waals surface area contributed by atoms with Gasteiger partial charge in [-0.15, -0.1) is 11.3 Å². The molecule has 15 heavy (non-hydrogen) atoms. The van der Waals surface area contributed by atoms with Gasteiger partial charge in [0.2, 0.25) is 0 Å². The Balaban J connectivity index is 1.65. The molecule has 0 aromatic carbocycles. The van der Waals surface area contributed by atoms with E-state index in [2.05, 4.69) is 29.8 Å². The summed E-state index contributed by atoms with van der Waals surface area (Å²) in [5, 5.41) is 5.67. The van der Waals surface area contributed by atoms with E-state index in [4.69, 9.17) is 4.74 Å². The van der Waals surface area contributed by atoms with Gasteiger partial charge in [-0.1, -0.05) is 6.07 Å². The molecule has 1 fully saturated rings. The first-order chi connectivity index (χ1) is 7.36. The van der Waals surface area contributed by atoms with Crippen molar-refractivity contribution in [1.82, 2.24) is 5.32 Å². The van der Waals surface area contributed by atoms with Crippen molar-refractivity contribution >= 4 is 11.3 Å². The molecule has 0 spiro atoms. The minimum Gasteiger partial charge on any atom is -0.378 e. The zero-order chi connectivity index (χ0) is 10.5. The molecule has 2 atom stereocenters. The standard InChI is InChI=1S/C12H19NOS/c1-10(12-5-3-9-15-12)13-7-6-11-4-2-8-14-11/h3,5,9-11,13H,2,4,6-8H2,1H3. The second kappa shape index (κ2) is 5.64. The second-order valence-corrected chi connectivity index (χ2v) is 5.09. The van der Waals surface area contributed by atoms with Crippen LogP contribution in [0.3, 0.4) is 0 Å². The maximum atomic E-state index is 5.59. The molecule has 2 heterocycles. The average Bonchev–Trinajstić information content (AvgIpc) is 2.90. The van der Waals surface area contributed by atoms with Crippen LogP contribution in [0.5, 0.6) is 0 Å². The molecule has 2 rings (SSSR count). The van der Waals surface area contributed by atoms with Crippen LogP contribution in [0.2, 0.25) is 0 Å². The van der Waals surface area contributed by atoms with Crippen molar-refractivity contribution in [3.8, 4) is 0 Å². The summed E-state index contributed by atoms with van der Waals surface area (Å²) in [4.78, 5) is 1.42. The molecule has 3 heteroatoms. The zero-order valence-corrected chi connectivity index (χ0v) is 10.1. The molecule has 1 saturated heterocycles. The van der Waals surface area contributed by atoms with Crippen LogP contribution >= 0.6 is 11.3 Å². The third-order valence-electron chi connectivity index (χ3n) is 2.91. The summed E-state index contributed by atoms with van der Waals surface area (Å²) in [5.74, 6) is 0. The van der Waals surface area contributed by atoms with Crippen LogP contribution in [0.4, 0.5) is 0 Å². The second-order valence-electron chi connectivity index (χ2n) is 4.11. The van der Waals surface area contributed by atoms with E-state index in [1.807, 2.05) is 11.3 Å². The van der Waals surface area contributed by atoms with Gasteiger partial charge in [0.25, 0.3) is 0 Å². The summed E-state index contributed by atoms with van der Waals surface area (Å²) in [6, 6.07) is 4.78. The molecule has 1 aromatic rings. The Labute approximate surface area is 95.6 Å². The third kappa shape index (κ3) is 3.30. The maximum absolute atomic E-state index is 5.59. The molecular weight excluding hydrogens is 206 g/mol. The van der Waals surface area contributed by atoms with Gasteiger partial charge in [0.1, 0.15) is 0 Å². The highest BCUT2D eigenvalue weighted by molar-refractivity contribution is 7.10. The van der Waals surface area contributed by atoms with Gasteiger partial charge in [0, 0.05) is 17.5 Å². The van der Waals surface area contributed by atoms with Crippen molar-refractivity contribution in [3.63, 3.8) is 0 Å². The molecule has 84 valence electrons. The van der Waals surface area contributed by atoms with Gasteiger partial charge in [-0.2, -0.15) is 0 Å². The Bertz CT molecular complexity index is 267. The van der Waals surface area contributed by atoms with E-state index in [9.17, 15) is 0 Å². The number of thiophene rings is 1. The molecule has 2 nitrogen and oxygen atoms in total. The van der Waals surface area contributed by atoms with E-state index in [-0.39, 0.29) is 0 Å². The minimum absolute atomic E-state index is 0.478. The lowest BCUT2D eigenvalue weighted by Crippen LogP contribution is -2.22. The molecule has 0 radical (unpaired) electrons. The quantitative estimate of drug-likeness (QED) is 0.832. The number of hydrogen-bond acceptors (Lipinski definition) is 3. The largest absolute Gasteiger partial charge is 0.378 e. The Morgan fingerprint density at radius 1 is 1.67 bits per heavy atom. The van der Waals surface area contributed by atoms with E-state index >= 15 is 0 Å². The van der Waals surface area contributed by atoms with Gasteiger partial charge in [-0.3, -0.25) is 0 Å². The summed E-state index contributed by atoms with van der Waals surface area (Å²) >= 11 is 1.82. The number of nitrogens with one attached hydrogen (secondary N) is 1. The van der Waals surface area contributed by atoms with Crippen molar-refractivity contribution in [2.75, 3.05) is 13.2 Å². The highest BCUT2D eigenvalue weighted by Gasteiger charge is 2.15. The van der Waals surface area contributed by atoms with Gasteiger partial charge in [0.15, 0.2) is 0 Å². The van der Waals surface area contributed by atoms with Crippen LogP contribution in [0.15, 0.2) is 17.5 Å². The summed E-state index contributed by atoms with van der Waals surface area (Å²) in [5.41, 5.74) is 0. The van der Waals surface area contributed by atoms with Crippen LogP contribution in [0, 0.1) is 0 Å². The summed E-state index contributed by atoms with van der Waals surface area (Å²) < 4.78 is 5.59. The molecule has 1 aliphatic rings. The van der Waals surface area contributed by atoms with Crippen LogP contribution in [0.1, 0.15) is 37.1 Å². The smallest absolute Gasteiger partial charge is 0.0588 e. The molecule has 1 aliphatic heterocycles. The maximum Gasteiger partial charge on any atom is 0.0588 e. The van der Waals surface area contributed by atoms with Crippen molar-refractivity contribution < 1.29 is 4.74 Å². The number of ether oxygens (including phenoxy) is 1. The van der Waals surface area contributed by atoms with Crippen LogP contribution in [-0.4, -0.2) is 19.3 Å². The van der Waals surface area contributed by atoms with Crippen LogP contribution in [0.25, 0.3) is 0 Å². The predicted molar refractivity (Wildman–Crippen MR) is 64.3 cm³/mol. The normalized spacial score (nSPS) is 23.1. The monoisotopic (exact) mass is 225 g/mol. The fourth-order valence-electron chi connectivity index (χ4n) is 1.97. The molecule has 2 unspecified atom stereocenters. The van der Waals surface area contributed by atoms with Crippen molar-refractivity contribution in [2.45, 2.75) is 38.3 Å². The molecule has 1 aromatic heterocycles. The molecule has 1 N–H and O–H groups in total. The Hall–Kier alpha value is -0.380. The first-order valence-corrected chi connectivity index (χ1v) is 6.62. The number of hydrogen-bond donors (Lipinski definition) is 1. The first kappa shape index (κ1) is 11.1. The van der Waals surface area contributed by atoms with Gasteiger partial charge in [-0.05, 0) is 44.2 Å². The molecule has 0 bridgehead atoms. The van der Waals surface area contributed by atoms with Crippen molar-refractivity contribution in [1.29, 1.82) is 0 Å². The molecular formula is C12H19NOS. The van der Waals surface area contributed by atoms with E-state index in [1.165, 1.54) is 17.7 Å². The lowest BCUT2D eigenvalue weighted by molar-refractivity contribution is 0.103. The highest BCUT2D eigenvalue weighted by Crippen LogP contribution is 2.19. The number of rotatable bonds is 5. The molecule has 0 amide bonds. The predicted octanol–water partition coefficient (Wildman–Crippen LogP) is 2.97. The fraction of sp³-hybridized carbons (Fsp3) is 0.667. The van der Waals surface area contributed by atoms with Crippen LogP contribution in [-0.2, 0) is 4.74 Å². The van der Waals surface area contributed by atoms with E-state index in [1.54, 1.807) is 0 Å². The molecule has 0 aliphatic carbocycles. The van der Waals surface area contributed by atoms with Crippen molar-refractivity contribution in [3.05, 3.63) is 22.4 Å². The Morgan fingerprint density at radius 3 is 3.27 bits per heavy atom. The first-order valence-electron chi connectivity index (χ1n) is 5.74.